The van der Waals surface area contributed by atoms with Crippen molar-refractivity contribution >= 4 is 27.8 Å². The van der Waals surface area contributed by atoms with Gasteiger partial charge in [0.05, 0.1) is 23.0 Å². The van der Waals surface area contributed by atoms with E-state index >= 15 is 0 Å². The zero-order valence-electron chi connectivity index (χ0n) is 14.8. The summed E-state index contributed by atoms with van der Waals surface area (Å²) in [5, 5.41) is 0.697. The molecule has 2 aromatic carbocycles. The van der Waals surface area contributed by atoms with Crippen molar-refractivity contribution in [1.29, 1.82) is 0 Å². The number of nitrogens with zero attached hydrogens (tertiary/aromatic N) is 2. The Hall–Kier alpha value is -3.61. The van der Waals surface area contributed by atoms with Gasteiger partial charge in [0, 0.05) is 29.5 Å². The summed E-state index contributed by atoms with van der Waals surface area (Å²) in [5.41, 5.74) is 0.472. The molecule has 28 heavy (non-hydrogen) atoms. The summed E-state index contributed by atoms with van der Waals surface area (Å²) in [7, 11) is 0. The maximum atomic E-state index is 13.9. The van der Waals surface area contributed by atoms with Gasteiger partial charge < -0.3 is 9.30 Å². The lowest BCUT2D eigenvalue weighted by atomic mass is 10.1. The Bertz CT molecular complexity index is 1300. The maximum absolute atomic E-state index is 13.9. The molecular weight excluding hydrogens is 366 g/mol. The molecule has 2 heterocycles. The van der Waals surface area contributed by atoms with Gasteiger partial charge in [-0.2, -0.15) is 0 Å². The number of aromatic nitrogens is 2. The number of carbonyl (C=O) groups is 1. The van der Waals surface area contributed by atoms with E-state index in [4.69, 9.17) is 4.74 Å². The minimum atomic E-state index is -1.17. The molecule has 5 nitrogen and oxygen atoms in total. The van der Waals surface area contributed by atoms with Crippen LogP contribution in [0, 0.1) is 11.6 Å². The normalized spacial score (nSPS) is 11.1. The molecule has 0 fully saturated rings. The zero-order chi connectivity index (χ0) is 19.8. The number of hydrogen-bond donors (Lipinski definition) is 0. The van der Waals surface area contributed by atoms with Crippen LogP contribution in [0.3, 0.4) is 0 Å². The molecule has 0 aliphatic heterocycles. The van der Waals surface area contributed by atoms with Crippen LogP contribution in [-0.2, 0) is 4.74 Å². The van der Waals surface area contributed by atoms with Gasteiger partial charge in [-0.3, -0.25) is 9.78 Å². The first kappa shape index (κ1) is 17.8. The average Bonchev–Trinajstić information content (AvgIpc) is 2.69. The third-order valence-corrected chi connectivity index (χ3v) is 4.41. The summed E-state index contributed by atoms with van der Waals surface area (Å²) in [6.45, 7) is 1.69. The Morgan fingerprint density at radius 1 is 1.14 bits per heavy atom. The van der Waals surface area contributed by atoms with E-state index in [0.717, 1.165) is 23.0 Å². The molecule has 0 spiro atoms. The molecule has 2 aromatic heterocycles. The summed E-state index contributed by atoms with van der Waals surface area (Å²) in [4.78, 5) is 29.2. The first-order valence-corrected chi connectivity index (χ1v) is 8.56. The first-order chi connectivity index (χ1) is 13.5. The standard InChI is InChI=1S/C21H14F2N2O3/c1-2-28-21(27)15-11-25(13-5-6-18-12(8-13)4-3-7-24-18)19-10-17(23)16(22)9-14(19)20(15)26/h3-11H,2H2,1H3. The SMILES string of the molecule is CCOC(=O)c1cn(-c2ccc3ncccc3c2)c2cc(F)c(F)cc2c1=O. The smallest absolute Gasteiger partial charge is 0.343 e. The van der Waals surface area contributed by atoms with Crippen molar-refractivity contribution in [3.63, 3.8) is 0 Å². The van der Waals surface area contributed by atoms with Gasteiger partial charge in [0.2, 0.25) is 5.43 Å². The van der Waals surface area contributed by atoms with E-state index < -0.39 is 23.0 Å². The lowest BCUT2D eigenvalue weighted by Gasteiger charge is -2.14. The number of ether oxygens (including phenoxy) is 1. The number of halogens is 2. The van der Waals surface area contributed by atoms with Gasteiger partial charge in [-0.05, 0) is 37.3 Å². The van der Waals surface area contributed by atoms with Gasteiger partial charge in [-0.15, -0.1) is 0 Å². The Labute approximate surface area is 157 Å². The minimum Gasteiger partial charge on any atom is -0.462 e. The first-order valence-electron chi connectivity index (χ1n) is 8.56. The predicted octanol–water partition coefficient (Wildman–Crippen LogP) is 3.99. The van der Waals surface area contributed by atoms with E-state index in [1.54, 1.807) is 37.4 Å². The van der Waals surface area contributed by atoms with E-state index in [9.17, 15) is 18.4 Å². The van der Waals surface area contributed by atoms with Gasteiger partial charge in [0.25, 0.3) is 0 Å². The van der Waals surface area contributed by atoms with Crippen molar-refractivity contribution in [2.75, 3.05) is 6.61 Å². The summed E-state index contributed by atoms with van der Waals surface area (Å²) in [6, 6.07) is 10.6. The third-order valence-electron chi connectivity index (χ3n) is 4.41. The number of pyridine rings is 2. The van der Waals surface area contributed by atoms with E-state index in [2.05, 4.69) is 4.98 Å². The number of rotatable bonds is 3. The summed E-state index contributed by atoms with van der Waals surface area (Å²) >= 11 is 0. The van der Waals surface area contributed by atoms with Crippen LogP contribution in [0.2, 0.25) is 0 Å². The van der Waals surface area contributed by atoms with Crippen molar-refractivity contribution < 1.29 is 18.3 Å². The highest BCUT2D eigenvalue weighted by Gasteiger charge is 2.19. The van der Waals surface area contributed by atoms with Gasteiger partial charge in [-0.25, -0.2) is 13.6 Å². The molecule has 0 radical (unpaired) electrons. The van der Waals surface area contributed by atoms with Crippen molar-refractivity contribution in [3.05, 3.63) is 82.3 Å². The predicted molar refractivity (Wildman–Crippen MR) is 101 cm³/mol. The van der Waals surface area contributed by atoms with Crippen molar-refractivity contribution in [2.45, 2.75) is 6.92 Å². The molecule has 0 aliphatic rings. The molecule has 0 unspecified atom stereocenters. The molecule has 0 N–H and O–H groups in total. The summed E-state index contributed by atoms with van der Waals surface area (Å²) < 4.78 is 34.1. The molecule has 0 aliphatic carbocycles. The largest absolute Gasteiger partial charge is 0.462 e. The molecule has 4 rings (SSSR count). The van der Waals surface area contributed by atoms with Gasteiger partial charge >= 0.3 is 5.97 Å². The molecule has 0 atom stereocenters. The number of fused-ring (bicyclic) bond motifs is 2. The molecule has 7 heteroatoms. The van der Waals surface area contributed by atoms with Crippen LogP contribution >= 0.6 is 0 Å². The lowest BCUT2D eigenvalue weighted by Crippen LogP contribution is -2.21. The molecule has 140 valence electrons. The third kappa shape index (κ3) is 2.90. The molecule has 0 bridgehead atoms. The van der Waals surface area contributed by atoms with E-state index in [0.29, 0.717) is 5.69 Å². The van der Waals surface area contributed by atoms with Crippen LogP contribution in [-0.4, -0.2) is 22.1 Å². The molecule has 0 saturated carbocycles. The van der Waals surface area contributed by atoms with Crippen LogP contribution in [0.1, 0.15) is 17.3 Å². The van der Waals surface area contributed by atoms with Crippen LogP contribution < -0.4 is 5.43 Å². The van der Waals surface area contributed by atoms with E-state index in [1.165, 1.54) is 10.8 Å². The zero-order valence-corrected chi connectivity index (χ0v) is 14.8. The molecule has 0 saturated heterocycles. The molecule has 4 aromatic rings. The number of carbonyl (C=O) groups excluding carboxylic acids is 1. The van der Waals surface area contributed by atoms with Gasteiger partial charge in [0.1, 0.15) is 5.56 Å². The minimum absolute atomic E-state index is 0.0791. The Morgan fingerprint density at radius 3 is 2.71 bits per heavy atom. The fourth-order valence-corrected chi connectivity index (χ4v) is 3.10. The van der Waals surface area contributed by atoms with E-state index in [-0.39, 0.29) is 23.1 Å². The second-order valence-electron chi connectivity index (χ2n) is 6.13. The topological polar surface area (TPSA) is 61.2 Å². The van der Waals surface area contributed by atoms with Crippen molar-refractivity contribution in [3.8, 4) is 5.69 Å². The fourth-order valence-electron chi connectivity index (χ4n) is 3.10. The Balaban J connectivity index is 2.07. The maximum Gasteiger partial charge on any atom is 0.343 e. The second-order valence-corrected chi connectivity index (χ2v) is 6.13. The van der Waals surface area contributed by atoms with Crippen molar-refractivity contribution in [2.24, 2.45) is 0 Å². The van der Waals surface area contributed by atoms with E-state index in [1.807, 2.05) is 6.07 Å². The van der Waals surface area contributed by atoms with Gasteiger partial charge in [0.15, 0.2) is 11.6 Å². The van der Waals surface area contributed by atoms with Gasteiger partial charge in [-0.1, -0.05) is 6.07 Å². The summed E-state index contributed by atoms with van der Waals surface area (Å²) in [5.74, 6) is -3.08. The lowest BCUT2D eigenvalue weighted by molar-refractivity contribution is 0.0524. The quantitative estimate of drug-likeness (QED) is 0.504. The van der Waals surface area contributed by atoms with Crippen LogP contribution in [0.5, 0.6) is 0 Å². The Morgan fingerprint density at radius 2 is 1.93 bits per heavy atom. The second kappa shape index (κ2) is 6.84. The fraction of sp³-hybridized carbons (Fsp3) is 0.0952. The summed E-state index contributed by atoms with van der Waals surface area (Å²) in [6.07, 6.45) is 2.95. The molecular formula is C21H14F2N2O3. The Kier molecular flexibility index (Phi) is 4.35. The monoisotopic (exact) mass is 380 g/mol. The highest BCUT2D eigenvalue weighted by molar-refractivity contribution is 5.94. The van der Waals surface area contributed by atoms with Crippen LogP contribution in [0.25, 0.3) is 27.5 Å². The highest BCUT2D eigenvalue weighted by atomic mass is 19.2. The number of esters is 1. The average molecular weight is 380 g/mol. The van der Waals surface area contributed by atoms with Crippen LogP contribution in [0.4, 0.5) is 8.78 Å². The molecule has 0 amide bonds. The highest BCUT2D eigenvalue weighted by Crippen LogP contribution is 2.23. The number of hydrogen-bond acceptors (Lipinski definition) is 4. The van der Waals surface area contributed by atoms with Crippen molar-refractivity contribution in [1.82, 2.24) is 9.55 Å². The van der Waals surface area contributed by atoms with Crippen LogP contribution in [0.15, 0.2) is 59.7 Å². The number of benzene rings is 2.